The van der Waals surface area contributed by atoms with Crippen molar-refractivity contribution in [2.75, 3.05) is 25.0 Å². The number of anilines is 1. The number of nitrogens with zero attached hydrogens (tertiary/aromatic N) is 1. The molecule has 0 aliphatic rings. The molecule has 0 spiro atoms. The molecule has 0 radical (unpaired) electrons. The fraction of sp³-hybridized carbons (Fsp3) is 0.381. The van der Waals surface area contributed by atoms with E-state index in [1.807, 2.05) is 56.3 Å². The van der Waals surface area contributed by atoms with Crippen LogP contribution >= 0.6 is 0 Å². The molecule has 0 fully saturated rings. The highest BCUT2D eigenvalue weighted by molar-refractivity contribution is 5.81. The minimum absolute atomic E-state index is 0.0497. The third-order valence-electron chi connectivity index (χ3n) is 4.10. The summed E-state index contributed by atoms with van der Waals surface area (Å²) in [6.45, 7) is 5.50. The molecule has 4 heteroatoms. The number of carbonyl (C=O) groups excluding carboxylic acids is 1. The lowest BCUT2D eigenvalue weighted by atomic mass is 10.2. The van der Waals surface area contributed by atoms with E-state index in [9.17, 15) is 4.79 Å². The summed E-state index contributed by atoms with van der Waals surface area (Å²) in [5, 5.41) is 2.98. The summed E-state index contributed by atoms with van der Waals surface area (Å²) < 4.78 is 5.83. The zero-order valence-corrected chi connectivity index (χ0v) is 15.4. The van der Waals surface area contributed by atoms with Gasteiger partial charge in [-0.3, -0.25) is 4.79 Å². The van der Waals surface area contributed by atoms with Gasteiger partial charge in [0.1, 0.15) is 5.75 Å². The van der Waals surface area contributed by atoms with Crippen LogP contribution in [0.5, 0.6) is 5.75 Å². The average molecular weight is 340 g/mol. The number of benzene rings is 2. The number of ether oxygens (including phenoxy) is 1. The maximum absolute atomic E-state index is 12.3. The predicted octanol–water partition coefficient (Wildman–Crippen LogP) is 3.80. The number of nitrogens with one attached hydrogen (secondary N) is 1. The molecular formula is C21H28N2O2. The Bertz CT molecular complexity index is 658. The predicted molar refractivity (Wildman–Crippen MR) is 103 cm³/mol. The van der Waals surface area contributed by atoms with E-state index in [0.29, 0.717) is 13.0 Å². The van der Waals surface area contributed by atoms with Crippen molar-refractivity contribution in [1.29, 1.82) is 0 Å². The van der Waals surface area contributed by atoms with Crippen molar-refractivity contribution in [3.05, 3.63) is 60.2 Å². The number of aryl methyl sites for hydroxylation is 1. The van der Waals surface area contributed by atoms with E-state index in [1.165, 1.54) is 5.69 Å². The van der Waals surface area contributed by atoms with Crippen molar-refractivity contribution in [3.8, 4) is 5.75 Å². The first kappa shape index (κ1) is 18.8. The largest absolute Gasteiger partial charge is 0.481 e. The minimum atomic E-state index is -0.450. The van der Waals surface area contributed by atoms with Gasteiger partial charge in [-0.25, -0.2) is 0 Å². The van der Waals surface area contributed by atoms with Gasteiger partial charge in [0.15, 0.2) is 6.10 Å². The third-order valence-corrected chi connectivity index (χ3v) is 4.10. The van der Waals surface area contributed by atoms with Gasteiger partial charge >= 0.3 is 0 Å². The van der Waals surface area contributed by atoms with Crippen LogP contribution in [0.25, 0.3) is 0 Å². The van der Waals surface area contributed by atoms with Gasteiger partial charge in [0.2, 0.25) is 0 Å². The zero-order valence-electron chi connectivity index (χ0n) is 15.4. The molecule has 0 saturated heterocycles. The normalized spacial score (nSPS) is 11.6. The molecule has 25 heavy (non-hydrogen) atoms. The Morgan fingerprint density at radius 3 is 2.60 bits per heavy atom. The molecule has 2 aromatic rings. The molecule has 2 aromatic carbocycles. The molecule has 1 atom stereocenters. The molecule has 134 valence electrons. The van der Waals surface area contributed by atoms with Gasteiger partial charge in [-0.15, -0.1) is 0 Å². The number of hydrogen-bond donors (Lipinski definition) is 1. The summed E-state index contributed by atoms with van der Waals surface area (Å²) in [7, 11) is 2.06. The summed E-state index contributed by atoms with van der Waals surface area (Å²) in [6.07, 6.45) is 1.08. The fourth-order valence-corrected chi connectivity index (χ4v) is 2.63. The Hall–Kier alpha value is -2.49. The van der Waals surface area contributed by atoms with Crippen LogP contribution in [0.2, 0.25) is 0 Å². The Balaban J connectivity index is 1.74. The van der Waals surface area contributed by atoms with Crippen LogP contribution in [0.4, 0.5) is 5.69 Å². The van der Waals surface area contributed by atoms with E-state index in [4.69, 9.17) is 4.74 Å². The maximum atomic E-state index is 12.3. The van der Waals surface area contributed by atoms with Crippen LogP contribution < -0.4 is 15.0 Å². The summed E-state index contributed by atoms with van der Waals surface area (Å²) in [4.78, 5) is 14.5. The molecule has 2 rings (SSSR count). The summed E-state index contributed by atoms with van der Waals surface area (Å²) >= 11 is 0. The second-order valence-corrected chi connectivity index (χ2v) is 6.23. The highest BCUT2D eigenvalue weighted by Crippen LogP contribution is 2.15. The van der Waals surface area contributed by atoms with Crippen LogP contribution in [0.15, 0.2) is 54.6 Å². The first-order chi connectivity index (χ1) is 12.1. The molecule has 0 aliphatic heterocycles. The van der Waals surface area contributed by atoms with Crippen molar-refractivity contribution in [1.82, 2.24) is 5.32 Å². The second-order valence-electron chi connectivity index (χ2n) is 6.23. The molecule has 1 amide bonds. The number of carbonyl (C=O) groups is 1. The van der Waals surface area contributed by atoms with Crippen molar-refractivity contribution in [2.45, 2.75) is 32.8 Å². The van der Waals surface area contributed by atoms with Gasteiger partial charge in [0, 0.05) is 25.8 Å². The van der Waals surface area contributed by atoms with E-state index in [0.717, 1.165) is 24.3 Å². The third kappa shape index (κ3) is 6.14. The molecule has 0 aromatic heterocycles. The van der Waals surface area contributed by atoms with Crippen molar-refractivity contribution >= 4 is 11.6 Å². The van der Waals surface area contributed by atoms with Gasteiger partial charge in [-0.05, 0) is 49.6 Å². The minimum Gasteiger partial charge on any atom is -0.481 e. The highest BCUT2D eigenvalue weighted by Gasteiger charge is 2.17. The Kier molecular flexibility index (Phi) is 7.33. The topological polar surface area (TPSA) is 41.6 Å². The molecule has 0 unspecified atom stereocenters. The number of rotatable bonds is 9. The van der Waals surface area contributed by atoms with E-state index in [2.05, 4.69) is 29.4 Å². The molecule has 0 heterocycles. The molecule has 0 bridgehead atoms. The first-order valence-electron chi connectivity index (χ1n) is 8.87. The second kappa shape index (κ2) is 9.72. The van der Waals surface area contributed by atoms with Gasteiger partial charge in [0.05, 0.1) is 0 Å². The van der Waals surface area contributed by atoms with Crippen LogP contribution in [0.3, 0.4) is 0 Å². The van der Waals surface area contributed by atoms with E-state index < -0.39 is 6.10 Å². The van der Waals surface area contributed by atoms with Gasteiger partial charge in [-0.1, -0.05) is 37.3 Å². The van der Waals surface area contributed by atoms with Crippen LogP contribution in [-0.4, -0.2) is 32.1 Å². The van der Waals surface area contributed by atoms with Gasteiger partial charge < -0.3 is 15.0 Å². The quantitative estimate of drug-likeness (QED) is 0.706. The lowest BCUT2D eigenvalue weighted by Gasteiger charge is -2.20. The lowest BCUT2D eigenvalue weighted by molar-refractivity contribution is -0.128. The number of amides is 1. The van der Waals surface area contributed by atoms with E-state index >= 15 is 0 Å². The van der Waals surface area contributed by atoms with Crippen molar-refractivity contribution in [3.63, 3.8) is 0 Å². The Morgan fingerprint density at radius 1 is 1.16 bits per heavy atom. The monoisotopic (exact) mass is 340 g/mol. The molecule has 4 nitrogen and oxygen atoms in total. The summed E-state index contributed by atoms with van der Waals surface area (Å²) in [5.74, 6) is 0.692. The Morgan fingerprint density at radius 2 is 1.92 bits per heavy atom. The van der Waals surface area contributed by atoms with Crippen LogP contribution in [-0.2, 0) is 4.79 Å². The maximum Gasteiger partial charge on any atom is 0.261 e. The van der Waals surface area contributed by atoms with Gasteiger partial charge in [-0.2, -0.15) is 0 Å². The molecule has 0 saturated carbocycles. The fourth-order valence-electron chi connectivity index (χ4n) is 2.63. The van der Waals surface area contributed by atoms with E-state index in [1.54, 1.807) is 0 Å². The van der Waals surface area contributed by atoms with Gasteiger partial charge in [0.25, 0.3) is 5.91 Å². The van der Waals surface area contributed by atoms with Crippen molar-refractivity contribution in [2.24, 2.45) is 0 Å². The molecule has 0 aliphatic carbocycles. The van der Waals surface area contributed by atoms with Crippen LogP contribution in [0, 0.1) is 6.92 Å². The van der Waals surface area contributed by atoms with Crippen LogP contribution in [0.1, 0.15) is 25.3 Å². The SMILES string of the molecule is CC[C@@H](Oc1cccc(C)c1)C(=O)NCCCN(C)c1ccccc1. The standard InChI is InChI=1S/C21H28N2O2/c1-4-20(25-19-13-8-10-17(2)16-19)21(24)22-14-9-15-23(3)18-11-6-5-7-12-18/h5-8,10-13,16,20H,4,9,14-15H2,1-3H3,(H,22,24)/t20-/m1/s1. The van der Waals surface area contributed by atoms with Crippen molar-refractivity contribution < 1.29 is 9.53 Å². The summed E-state index contributed by atoms with van der Waals surface area (Å²) in [5.41, 5.74) is 2.31. The molecule has 1 N–H and O–H groups in total. The average Bonchev–Trinajstić information content (AvgIpc) is 2.63. The summed E-state index contributed by atoms with van der Waals surface area (Å²) in [6, 6.07) is 18.0. The Labute approximate surface area is 150 Å². The lowest BCUT2D eigenvalue weighted by Crippen LogP contribution is -2.39. The highest BCUT2D eigenvalue weighted by atomic mass is 16.5. The smallest absolute Gasteiger partial charge is 0.261 e. The van der Waals surface area contributed by atoms with E-state index in [-0.39, 0.29) is 5.91 Å². The first-order valence-corrected chi connectivity index (χ1v) is 8.87. The number of hydrogen-bond acceptors (Lipinski definition) is 3. The molecular weight excluding hydrogens is 312 g/mol. The zero-order chi connectivity index (χ0) is 18.1. The number of para-hydroxylation sites is 1.